The van der Waals surface area contributed by atoms with Crippen molar-refractivity contribution in [3.05, 3.63) is 0 Å². The predicted molar refractivity (Wildman–Crippen MR) is 52.9 cm³/mol. The van der Waals surface area contributed by atoms with Crippen LogP contribution in [0.2, 0.25) is 0 Å². The molecule has 1 saturated carbocycles. The smallest absolute Gasteiger partial charge is 0.224 e. The van der Waals surface area contributed by atoms with Crippen LogP contribution in [0, 0.1) is 5.92 Å². The van der Waals surface area contributed by atoms with Crippen LogP contribution in [0.5, 0.6) is 0 Å². The van der Waals surface area contributed by atoms with Gasteiger partial charge in [-0.05, 0) is 12.8 Å². The number of hydrogen-bond donors (Lipinski definition) is 2. The number of amides is 1. The van der Waals surface area contributed by atoms with Crippen LogP contribution < -0.4 is 10.5 Å². The number of carbonyl (C=O) groups is 1. The van der Waals surface area contributed by atoms with Crippen LogP contribution in [0.15, 0.2) is 0 Å². The monoisotopic (exact) mass is 220 g/mol. The van der Waals surface area contributed by atoms with Gasteiger partial charge < -0.3 is 5.32 Å². The first-order valence-electron chi connectivity index (χ1n) is 4.70. The van der Waals surface area contributed by atoms with E-state index in [1.807, 2.05) is 0 Å². The van der Waals surface area contributed by atoms with Gasteiger partial charge in [0.05, 0.1) is 11.2 Å². The molecule has 1 fully saturated rings. The average Bonchev–Trinajstić information content (AvgIpc) is 2.15. The summed E-state index contributed by atoms with van der Waals surface area (Å²) in [7, 11) is -2.08. The molecule has 0 bridgehead atoms. The predicted octanol–water partition coefficient (Wildman–Crippen LogP) is -0.420. The Labute approximate surface area is 84.1 Å². The van der Waals surface area contributed by atoms with Crippen molar-refractivity contribution in [2.75, 3.05) is 7.05 Å². The Bertz CT molecular complexity index is 313. The maximum absolute atomic E-state index is 11.4. The Kier molecular flexibility index (Phi) is 3.49. The lowest BCUT2D eigenvalue weighted by Gasteiger charge is -2.28. The fourth-order valence-corrected chi connectivity index (χ4v) is 3.19. The minimum Gasteiger partial charge on any atom is -0.359 e. The summed E-state index contributed by atoms with van der Waals surface area (Å²) in [6, 6.07) is 0. The van der Waals surface area contributed by atoms with Gasteiger partial charge in [-0.2, -0.15) is 0 Å². The van der Waals surface area contributed by atoms with Crippen LogP contribution in [-0.2, 0) is 14.8 Å². The van der Waals surface area contributed by atoms with Crippen LogP contribution in [0.3, 0.4) is 0 Å². The summed E-state index contributed by atoms with van der Waals surface area (Å²) in [5, 5.41) is 6.87. The first-order chi connectivity index (χ1) is 6.46. The zero-order valence-electron chi connectivity index (χ0n) is 8.19. The molecule has 3 N–H and O–H groups in total. The van der Waals surface area contributed by atoms with E-state index in [4.69, 9.17) is 5.14 Å². The normalized spacial score (nSPS) is 28.4. The van der Waals surface area contributed by atoms with Crippen molar-refractivity contribution in [1.82, 2.24) is 5.32 Å². The fourth-order valence-electron chi connectivity index (χ4n) is 1.98. The van der Waals surface area contributed by atoms with E-state index in [0.29, 0.717) is 12.8 Å². The number of sulfonamides is 1. The van der Waals surface area contributed by atoms with Crippen molar-refractivity contribution in [2.45, 2.75) is 30.9 Å². The standard InChI is InChI=1S/C8H16N2O3S/c1-10-8(11)6-4-2-3-5-7(6)14(9,12)13/h6-7H,2-5H2,1H3,(H,10,11)(H2,9,12,13)/t6-,7+/m1/s1. The zero-order chi connectivity index (χ0) is 10.8. The largest absolute Gasteiger partial charge is 0.359 e. The summed E-state index contributed by atoms with van der Waals surface area (Å²) in [4.78, 5) is 11.4. The van der Waals surface area contributed by atoms with E-state index in [2.05, 4.69) is 5.32 Å². The molecular weight excluding hydrogens is 204 g/mol. The fraction of sp³-hybridized carbons (Fsp3) is 0.875. The zero-order valence-corrected chi connectivity index (χ0v) is 9.01. The molecule has 6 heteroatoms. The molecule has 0 unspecified atom stereocenters. The van der Waals surface area contributed by atoms with E-state index in [1.54, 1.807) is 0 Å². The molecule has 1 aliphatic rings. The Hall–Kier alpha value is -0.620. The first-order valence-corrected chi connectivity index (χ1v) is 6.31. The molecule has 0 aromatic heterocycles. The quantitative estimate of drug-likeness (QED) is 0.662. The van der Waals surface area contributed by atoms with Crippen LogP contribution in [-0.4, -0.2) is 26.6 Å². The van der Waals surface area contributed by atoms with E-state index in [-0.39, 0.29) is 5.91 Å². The number of carbonyl (C=O) groups excluding carboxylic acids is 1. The summed E-state index contributed by atoms with van der Waals surface area (Å²) >= 11 is 0. The lowest BCUT2D eigenvalue weighted by atomic mass is 9.88. The second-order valence-corrected chi connectivity index (χ2v) is 5.42. The molecule has 0 aromatic carbocycles. The molecule has 0 aliphatic heterocycles. The maximum Gasteiger partial charge on any atom is 0.224 e. The highest BCUT2D eigenvalue weighted by molar-refractivity contribution is 7.89. The molecule has 0 radical (unpaired) electrons. The number of hydrogen-bond acceptors (Lipinski definition) is 3. The van der Waals surface area contributed by atoms with Crippen molar-refractivity contribution in [2.24, 2.45) is 11.1 Å². The Morgan fingerprint density at radius 1 is 1.36 bits per heavy atom. The van der Waals surface area contributed by atoms with Gasteiger partial charge in [0.15, 0.2) is 0 Å². The van der Waals surface area contributed by atoms with Gasteiger partial charge in [0.1, 0.15) is 0 Å². The van der Waals surface area contributed by atoms with Crippen LogP contribution in [0.1, 0.15) is 25.7 Å². The third-order valence-electron chi connectivity index (χ3n) is 2.71. The summed E-state index contributed by atoms with van der Waals surface area (Å²) in [5.41, 5.74) is 0. The van der Waals surface area contributed by atoms with Gasteiger partial charge in [-0.25, -0.2) is 13.6 Å². The molecule has 0 heterocycles. The Morgan fingerprint density at radius 3 is 2.43 bits per heavy atom. The molecule has 0 aromatic rings. The second-order valence-electron chi connectivity index (χ2n) is 3.63. The Balaban J connectivity index is 2.85. The summed E-state index contributed by atoms with van der Waals surface area (Å²) < 4.78 is 22.4. The van der Waals surface area contributed by atoms with Crippen LogP contribution in [0.4, 0.5) is 0 Å². The van der Waals surface area contributed by atoms with E-state index in [1.165, 1.54) is 7.05 Å². The molecule has 0 saturated heterocycles. The molecule has 14 heavy (non-hydrogen) atoms. The van der Waals surface area contributed by atoms with Gasteiger partial charge >= 0.3 is 0 Å². The van der Waals surface area contributed by atoms with Crippen LogP contribution in [0.25, 0.3) is 0 Å². The molecular formula is C8H16N2O3S. The lowest BCUT2D eigenvalue weighted by molar-refractivity contribution is -0.125. The van der Waals surface area contributed by atoms with Crippen LogP contribution >= 0.6 is 0 Å². The highest BCUT2D eigenvalue weighted by Gasteiger charge is 2.37. The van der Waals surface area contributed by atoms with Crippen molar-refractivity contribution in [3.63, 3.8) is 0 Å². The van der Waals surface area contributed by atoms with Crippen molar-refractivity contribution < 1.29 is 13.2 Å². The minimum atomic E-state index is -3.59. The van der Waals surface area contributed by atoms with E-state index in [9.17, 15) is 13.2 Å². The van der Waals surface area contributed by atoms with Crippen molar-refractivity contribution in [1.29, 1.82) is 0 Å². The molecule has 5 nitrogen and oxygen atoms in total. The van der Waals surface area contributed by atoms with E-state index in [0.717, 1.165) is 12.8 Å². The summed E-state index contributed by atoms with van der Waals surface area (Å²) in [6.45, 7) is 0. The van der Waals surface area contributed by atoms with E-state index < -0.39 is 21.2 Å². The molecule has 2 atom stereocenters. The summed E-state index contributed by atoms with van der Waals surface area (Å²) in [5.74, 6) is -0.688. The van der Waals surface area contributed by atoms with Gasteiger partial charge in [-0.1, -0.05) is 12.8 Å². The summed E-state index contributed by atoms with van der Waals surface area (Å²) in [6.07, 6.45) is 2.83. The van der Waals surface area contributed by atoms with Gasteiger partial charge in [-0.3, -0.25) is 4.79 Å². The van der Waals surface area contributed by atoms with Gasteiger partial charge in [0.25, 0.3) is 0 Å². The highest BCUT2D eigenvalue weighted by atomic mass is 32.2. The third kappa shape index (κ3) is 2.45. The van der Waals surface area contributed by atoms with Crippen molar-refractivity contribution in [3.8, 4) is 0 Å². The van der Waals surface area contributed by atoms with E-state index >= 15 is 0 Å². The number of nitrogens with two attached hydrogens (primary N) is 1. The number of primary sulfonamides is 1. The van der Waals surface area contributed by atoms with Gasteiger partial charge in [0, 0.05) is 7.05 Å². The van der Waals surface area contributed by atoms with Crippen molar-refractivity contribution >= 4 is 15.9 Å². The number of nitrogens with one attached hydrogen (secondary N) is 1. The topological polar surface area (TPSA) is 89.3 Å². The number of rotatable bonds is 2. The third-order valence-corrected chi connectivity index (χ3v) is 4.12. The minimum absolute atomic E-state index is 0.219. The molecule has 1 amide bonds. The average molecular weight is 220 g/mol. The van der Waals surface area contributed by atoms with Gasteiger partial charge in [-0.15, -0.1) is 0 Å². The highest BCUT2D eigenvalue weighted by Crippen LogP contribution is 2.28. The first kappa shape index (κ1) is 11.5. The Morgan fingerprint density at radius 2 is 1.93 bits per heavy atom. The molecule has 1 aliphatic carbocycles. The SMILES string of the molecule is CNC(=O)[C@@H]1CCCC[C@@H]1S(N)(=O)=O. The molecule has 1 rings (SSSR count). The second kappa shape index (κ2) is 4.27. The molecule has 0 spiro atoms. The van der Waals surface area contributed by atoms with Gasteiger partial charge in [0.2, 0.25) is 15.9 Å². The maximum atomic E-state index is 11.4. The molecule has 82 valence electrons. The lowest BCUT2D eigenvalue weighted by Crippen LogP contribution is -2.44.